The van der Waals surface area contributed by atoms with Crippen molar-refractivity contribution in [3.8, 4) is 0 Å². The lowest BCUT2D eigenvalue weighted by atomic mass is 10.3. The summed E-state index contributed by atoms with van der Waals surface area (Å²) in [6, 6.07) is 0. The van der Waals surface area contributed by atoms with Gasteiger partial charge < -0.3 is 10.2 Å². The van der Waals surface area contributed by atoms with E-state index in [1.807, 2.05) is 9.80 Å². The summed E-state index contributed by atoms with van der Waals surface area (Å²) in [4.78, 5) is 4.00. The van der Waals surface area contributed by atoms with Crippen molar-refractivity contribution in [1.29, 1.82) is 0 Å². The van der Waals surface area contributed by atoms with Crippen molar-refractivity contribution in [2.24, 2.45) is 0 Å². The molecule has 0 aromatic heterocycles. The molecule has 2 atom stereocenters. The zero-order chi connectivity index (χ0) is 9.14. The molecule has 4 nitrogen and oxygen atoms in total. The Kier molecular flexibility index (Phi) is 3.46. The van der Waals surface area contributed by atoms with E-state index >= 15 is 0 Å². The second kappa shape index (κ2) is 4.18. The summed E-state index contributed by atoms with van der Waals surface area (Å²) in [6.07, 6.45) is -0.720. The summed E-state index contributed by atoms with van der Waals surface area (Å²) >= 11 is 0. The Morgan fingerprint density at radius 3 is 1.25 bits per heavy atom. The highest BCUT2D eigenvalue weighted by Gasteiger charge is 2.21. The smallest absolute Gasteiger partial charge is 0.104 e. The molecule has 0 spiro atoms. The van der Waals surface area contributed by atoms with Crippen LogP contribution in [0, 0.1) is 0 Å². The van der Waals surface area contributed by atoms with Crippen LogP contribution in [0.5, 0.6) is 0 Å². The summed E-state index contributed by atoms with van der Waals surface area (Å²) in [5.74, 6) is 0. The molecule has 0 aromatic carbocycles. The standard InChI is InChI=1S/C8H18N2O2/c1-7(11)9-3-5-10(6-4-9)8(2)12/h7-8,11-12H,3-6H2,1-2H3/t7-,8-/m1/s1. The number of hydrogen-bond acceptors (Lipinski definition) is 4. The molecule has 1 aliphatic heterocycles. The highest BCUT2D eigenvalue weighted by molar-refractivity contribution is 4.72. The lowest BCUT2D eigenvalue weighted by Crippen LogP contribution is -2.51. The third-order valence-electron chi connectivity index (χ3n) is 2.41. The molecule has 1 aliphatic rings. The van der Waals surface area contributed by atoms with Crippen molar-refractivity contribution in [2.75, 3.05) is 26.2 Å². The van der Waals surface area contributed by atoms with Crippen molar-refractivity contribution < 1.29 is 10.2 Å². The molecule has 1 saturated heterocycles. The van der Waals surface area contributed by atoms with Gasteiger partial charge in [-0.1, -0.05) is 0 Å². The van der Waals surface area contributed by atoms with E-state index in [0.29, 0.717) is 0 Å². The van der Waals surface area contributed by atoms with Crippen LogP contribution in [0.4, 0.5) is 0 Å². The maximum absolute atomic E-state index is 9.25. The molecule has 0 amide bonds. The second-order valence-electron chi connectivity index (χ2n) is 3.34. The van der Waals surface area contributed by atoms with Gasteiger partial charge in [-0.25, -0.2) is 0 Å². The van der Waals surface area contributed by atoms with Gasteiger partial charge in [0.15, 0.2) is 0 Å². The fraction of sp³-hybridized carbons (Fsp3) is 1.00. The Bertz CT molecular complexity index is 115. The first-order chi connectivity index (χ1) is 5.61. The maximum Gasteiger partial charge on any atom is 0.104 e. The van der Waals surface area contributed by atoms with Crippen LogP contribution in [0.25, 0.3) is 0 Å². The van der Waals surface area contributed by atoms with E-state index in [1.54, 1.807) is 13.8 Å². The monoisotopic (exact) mass is 174 g/mol. The van der Waals surface area contributed by atoms with E-state index in [9.17, 15) is 10.2 Å². The topological polar surface area (TPSA) is 46.9 Å². The summed E-state index contributed by atoms with van der Waals surface area (Å²) < 4.78 is 0. The van der Waals surface area contributed by atoms with Gasteiger partial charge in [0, 0.05) is 26.2 Å². The normalized spacial score (nSPS) is 27.0. The molecule has 0 aliphatic carbocycles. The van der Waals surface area contributed by atoms with Crippen molar-refractivity contribution in [2.45, 2.75) is 26.3 Å². The van der Waals surface area contributed by atoms with Crippen LogP contribution in [-0.4, -0.2) is 58.6 Å². The van der Waals surface area contributed by atoms with E-state index in [-0.39, 0.29) is 12.5 Å². The molecular formula is C8H18N2O2. The molecular weight excluding hydrogens is 156 g/mol. The zero-order valence-corrected chi connectivity index (χ0v) is 7.77. The van der Waals surface area contributed by atoms with E-state index in [0.717, 1.165) is 26.2 Å². The minimum Gasteiger partial charge on any atom is -0.379 e. The molecule has 1 rings (SSSR count). The van der Waals surface area contributed by atoms with Crippen LogP contribution in [0.3, 0.4) is 0 Å². The Morgan fingerprint density at radius 2 is 1.08 bits per heavy atom. The van der Waals surface area contributed by atoms with Gasteiger partial charge in [-0.15, -0.1) is 0 Å². The van der Waals surface area contributed by atoms with Gasteiger partial charge in [0.25, 0.3) is 0 Å². The Balaban J connectivity index is 2.30. The van der Waals surface area contributed by atoms with E-state index < -0.39 is 0 Å². The lowest BCUT2D eigenvalue weighted by molar-refractivity contribution is -0.0564. The first kappa shape index (κ1) is 9.92. The lowest BCUT2D eigenvalue weighted by Gasteiger charge is -2.37. The summed E-state index contributed by atoms with van der Waals surface area (Å²) in [5, 5.41) is 18.5. The van der Waals surface area contributed by atoms with E-state index in [2.05, 4.69) is 0 Å². The molecule has 12 heavy (non-hydrogen) atoms. The van der Waals surface area contributed by atoms with Crippen LogP contribution in [0.15, 0.2) is 0 Å². The molecule has 2 N–H and O–H groups in total. The average molecular weight is 174 g/mol. The SMILES string of the molecule is C[C@@H](O)N1CCN([C@@H](C)O)CC1. The van der Waals surface area contributed by atoms with Gasteiger partial charge in [-0.3, -0.25) is 9.80 Å². The van der Waals surface area contributed by atoms with Crippen LogP contribution in [0.1, 0.15) is 13.8 Å². The van der Waals surface area contributed by atoms with Crippen molar-refractivity contribution in [3.63, 3.8) is 0 Å². The van der Waals surface area contributed by atoms with Crippen LogP contribution < -0.4 is 0 Å². The van der Waals surface area contributed by atoms with Crippen LogP contribution in [-0.2, 0) is 0 Å². The molecule has 1 heterocycles. The number of nitrogens with zero attached hydrogens (tertiary/aromatic N) is 2. The van der Waals surface area contributed by atoms with Gasteiger partial charge in [0.2, 0.25) is 0 Å². The van der Waals surface area contributed by atoms with Gasteiger partial charge in [0.1, 0.15) is 12.5 Å². The van der Waals surface area contributed by atoms with Crippen LogP contribution in [0.2, 0.25) is 0 Å². The van der Waals surface area contributed by atoms with Crippen molar-refractivity contribution >= 4 is 0 Å². The maximum atomic E-state index is 9.25. The molecule has 72 valence electrons. The Hall–Kier alpha value is -0.160. The third-order valence-corrected chi connectivity index (χ3v) is 2.41. The van der Waals surface area contributed by atoms with Crippen LogP contribution >= 0.6 is 0 Å². The zero-order valence-electron chi connectivity index (χ0n) is 7.77. The molecule has 0 unspecified atom stereocenters. The van der Waals surface area contributed by atoms with Gasteiger partial charge in [-0.05, 0) is 13.8 Å². The van der Waals surface area contributed by atoms with Crippen molar-refractivity contribution in [1.82, 2.24) is 9.80 Å². The van der Waals surface area contributed by atoms with Gasteiger partial charge in [-0.2, -0.15) is 0 Å². The van der Waals surface area contributed by atoms with E-state index in [4.69, 9.17) is 0 Å². The van der Waals surface area contributed by atoms with E-state index in [1.165, 1.54) is 0 Å². The molecule has 0 aromatic rings. The highest BCUT2D eigenvalue weighted by atomic mass is 16.3. The number of aliphatic hydroxyl groups is 2. The number of hydrogen-bond donors (Lipinski definition) is 2. The number of piperazine rings is 1. The molecule has 1 fully saturated rings. The fourth-order valence-electron chi connectivity index (χ4n) is 1.48. The Labute approximate surface area is 73.4 Å². The molecule has 0 bridgehead atoms. The first-order valence-corrected chi connectivity index (χ1v) is 4.45. The molecule has 4 heteroatoms. The minimum atomic E-state index is -0.360. The summed E-state index contributed by atoms with van der Waals surface area (Å²) in [5.41, 5.74) is 0. The fourth-order valence-corrected chi connectivity index (χ4v) is 1.48. The van der Waals surface area contributed by atoms with Gasteiger partial charge >= 0.3 is 0 Å². The molecule has 0 saturated carbocycles. The predicted octanol–water partition coefficient (Wildman–Crippen LogP) is -0.719. The highest BCUT2D eigenvalue weighted by Crippen LogP contribution is 2.06. The quantitative estimate of drug-likeness (QED) is 0.580. The third kappa shape index (κ3) is 2.42. The summed E-state index contributed by atoms with van der Waals surface area (Å²) in [6.45, 7) is 6.90. The van der Waals surface area contributed by atoms with Gasteiger partial charge in [0.05, 0.1) is 0 Å². The number of aliphatic hydroxyl groups excluding tert-OH is 2. The Morgan fingerprint density at radius 1 is 0.833 bits per heavy atom. The second-order valence-corrected chi connectivity index (χ2v) is 3.34. The number of rotatable bonds is 2. The average Bonchev–Trinajstić information content (AvgIpc) is 2.04. The molecule has 0 radical (unpaired) electrons. The minimum absolute atomic E-state index is 0.360. The summed E-state index contributed by atoms with van der Waals surface area (Å²) in [7, 11) is 0. The predicted molar refractivity (Wildman–Crippen MR) is 46.5 cm³/mol. The largest absolute Gasteiger partial charge is 0.379 e. The van der Waals surface area contributed by atoms with Crippen molar-refractivity contribution in [3.05, 3.63) is 0 Å². The first-order valence-electron chi connectivity index (χ1n) is 4.45.